The Hall–Kier alpha value is -0.900. The lowest BCUT2D eigenvalue weighted by Gasteiger charge is -2.11. The van der Waals surface area contributed by atoms with Gasteiger partial charge in [0.15, 0.2) is 0 Å². The van der Waals surface area contributed by atoms with E-state index in [1.165, 1.54) is 23.5 Å². The molecule has 0 aliphatic heterocycles. The molecule has 0 amide bonds. The van der Waals surface area contributed by atoms with Gasteiger partial charge in [0.2, 0.25) is 0 Å². The van der Waals surface area contributed by atoms with Crippen LogP contribution in [0.1, 0.15) is 18.5 Å². The highest BCUT2D eigenvalue weighted by Crippen LogP contribution is 2.35. The van der Waals surface area contributed by atoms with Gasteiger partial charge in [0, 0.05) is 10.9 Å². The molecule has 0 saturated carbocycles. The highest BCUT2D eigenvalue weighted by atomic mass is 35.5. The summed E-state index contributed by atoms with van der Waals surface area (Å²) in [6, 6.07) is 8.21. The summed E-state index contributed by atoms with van der Waals surface area (Å²) >= 11 is 7.30. The van der Waals surface area contributed by atoms with Gasteiger partial charge in [0.05, 0.1) is 4.34 Å². The Morgan fingerprint density at radius 1 is 1.31 bits per heavy atom. The Bertz CT molecular complexity index is 507. The van der Waals surface area contributed by atoms with Crippen molar-refractivity contribution in [2.75, 3.05) is 0 Å². The monoisotopic (exact) mass is 255 g/mol. The number of benzene rings is 1. The number of nitrogens with two attached hydrogens (primary N) is 1. The second-order valence-corrected chi connectivity index (χ2v) is 5.34. The summed E-state index contributed by atoms with van der Waals surface area (Å²) in [6.07, 6.45) is 0. The fourth-order valence-electron chi connectivity index (χ4n) is 1.60. The minimum Gasteiger partial charge on any atom is -0.324 e. The highest BCUT2D eigenvalue weighted by molar-refractivity contribution is 7.19. The van der Waals surface area contributed by atoms with E-state index in [0.717, 1.165) is 16.0 Å². The van der Waals surface area contributed by atoms with Crippen LogP contribution in [0, 0.1) is 5.82 Å². The van der Waals surface area contributed by atoms with Gasteiger partial charge in [0.25, 0.3) is 0 Å². The first kappa shape index (κ1) is 11.6. The first-order valence-electron chi connectivity index (χ1n) is 4.88. The maximum absolute atomic E-state index is 13.2. The molecule has 2 N–H and O–H groups in total. The molecule has 0 radical (unpaired) electrons. The van der Waals surface area contributed by atoms with Gasteiger partial charge in [0.1, 0.15) is 5.82 Å². The molecule has 1 aromatic carbocycles. The Labute approximate surface area is 103 Å². The third-order valence-electron chi connectivity index (χ3n) is 2.34. The predicted molar refractivity (Wildman–Crippen MR) is 67.3 cm³/mol. The van der Waals surface area contributed by atoms with Gasteiger partial charge in [-0.2, -0.15) is 0 Å². The van der Waals surface area contributed by atoms with Crippen molar-refractivity contribution in [2.24, 2.45) is 5.73 Å². The van der Waals surface area contributed by atoms with E-state index >= 15 is 0 Å². The van der Waals surface area contributed by atoms with Crippen molar-refractivity contribution >= 4 is 22.9 Å². The van der Waals surface area contributed by atoms with E-state index in [1.807, 2.05) is 13.0 Å². The molecule has 1 heterocycles. The van der Waals surface area contributed by atoms with Crippen LogP contribution in [-0.4, -0.2) is 0 Å². The fourth-order valence-corrected chi connectivity index (χ4v) is 2.68. The van der Waals surface area contributed by atoms with Crippen molar-refractivity contribution in [3.05, 3.63) is 46.0 Å². The van der Waals surface area contributed by atoms with Gasteiger partial charge in [-0.3, -0.25) is 0 Å². The number of thiophene rings is 1. The zero-order valence-corrected chi connectivity index (χ0v) is 10.3. The lowest BCUT2D eigenvalue weighted by Crippen LogP contribution is -2.06. The number of hydrogen-bond donors (Lipinski definition) is 1. The van der Waals surface area contributed by atoms with Crippen molar-refractivity contribution in [3.8, 4) is 10.4 Å². The lowest BCUT2D eigenvalue weighted by atomic mass is 10.0. The average molecular weight is 256 g/mol. The molecule has 0 aliphatic carbocycles. The first-order chi connectivity index (χ1) is 7.58. The summed E-state index contributed by atoms with van der Waals surface area (Å²) in [5.41, 5.74) is 7.61. The predicted octanol–water partition coefficient (Wildman–Crippen LogP) is 4.23. The molecule has 0 aliphatic rings. The van der Waals surface area contributed by atoms with Crippen molar-refractivity contribution in [3.63, 3.8) is 0 Å². The van der Waals surface area contributed by atoms with Crippen LogP contribution in [0.2, 0.25) is 4.34 Å². The van der Waals surface area contributed by atoms with Gasteiger partial charge in [-0.25, -0.2) is 4.39 Å². The number of rotatable bonds is 2. The Balaban J connectivity index is 2.57. The van der Waals surface area contributed by atoms with Crippen LogP contribution in [0.25, 0.3) is 10.4 Å². The second-order valence-electron chi connectivity index (χ2n) is 3.62. The SMILES string of the molecule is CC(N)c1ccc(F)cc1-c1ccc(Cl)s1. The third-order valence-corrected chi connectivity index (χ3v) is 3.61. The molecule has 1 unspecified atom stereocenters. The normalized spacial score (nSPS) is 12.8. The van der Waals surface area contributed by atoms with E-state index in [0.29, 0.717) is 4.34 Å². The van der Waals surface area contributed by atoms with Gasteiger partial charge in [-0.1, -0.05) is 17.7 Å². The van der Waals surface area contributed by atoms with E-state index in [2.05, 4.69) is 0 Å². The lowest BCUT2D eigenvalue weighted by molar-refractivity contribution is 0.626. The smallest absolute Gasteiger partial charge is 0.123 e. The molecule has 1 atom stereocenters. The summed E-state index contributed by atoms with van der Waals surface area (Å²) in [4.78, 5) is 0.941. The van der Waals surface area contributed by atoms with Gasteiger partial charge in [-0.05, 0) is 42.3 Å². The second kappa shape index (κ2) is 4.53. The Kier molecular flexibility index (Phi) is 3.28. The number of halogens is 2. The summed E-state index contributed by atoms with van der Waals surface area (Å²) in [7, 11) is 0. The van der Waals surface area contributed by atoms with E-state index in [4.69, 9.17) is 17.3 Å². The Morgan fingerprint density at radius 3 is 2.62 bits per heavy atom. The largest absolute Gasteiger partial charge is 0.324 e. The minimum atomic E-state index is -0.260. The standard InChI is InChI=1S/C12H11ClFNS/c1-7(15)9-3-2-8(14)6-10(9)11-4-5-12(13)16-11/h2-7H,15H2,1H3. The van der Waals surface area contributed by atoms with Crippen LogP contribution in [0.5, 0.6) is 0 Å². The fraction of sp³-hybridized carbons (Fsp3) is 0.167. The van der Waals surface area contributed by atoms with Crippen LogP contribution in [0.15, 0.2) is 30.3 Å². The van der Waals surface area contributed by atoms with E-state index in [9.17, 15) is 4.39 Å². The molecule has 2 aromatic rings. The van der Waals surface area contributed by atoms with Crippen molar-refractivity contribution in [1.82, 2.24) is 0 Å². The molecule has 1 aromatic heterocycles. The molecular formula is C12H11ClFNS. The minimum absolute atomic E-state index is 0.128. The quantitative estimate of drug-likeness (QED) is 0.854. The average Bonchev–Trinajstić information content (AvgIpc) is 2.64. The molecule has 0 fully saturated rings. The number of hydrogen-bond acceptors (Lipinski definition) is 2. The molecule has 1 nitrogen and oxygen atoms in total. The van der Waals surface area contributed by atoms with Gasteiger partial charge in [-0.15, -0.1) is 11.3 Å². The summed E-state index contributed by atoms with van der Waals surface area (Å²) < 4.78 is 13.9. The summed E-state index contributed by atoms with van der Waals surface area (Å²) in [5, 5.41) is 0. The van der Waals surface area contributed by atoms with Gasteiger partial charge >= 0.3 is 0 Å². The maximum atomic E-state index is 13.2. The molecule has 2 rings (SSSR count). The van der Waals surface area contributed by atoms with Crippen molar-refractivity contribution < 1.29 is 4.39 Å². The van der Waals surface area contributed by atoms with Crippen LogP contribution in [0.3, 0.4) is 0 Å². The topological polar surface area (TPSA) is 26.0 Å². The van der Waals surface area contributed by atoms with Crippen molar-refractivity contribution in [1.29, 1.82) is 0 Å². The molecule has 4 heteroatoms. The van der Waals surface area contributed by atoms with Crippen LogP contribution < -0.4 is 5.73 Å². The maximum Gasteiger partial charge on any atom is 0.123 e. The molecule has 0 saturated heterocycles. The van der Waals surface area contributed by atoms with Crippen LogP contribution >= 0.6 is 22.9 Å². The molecule has 16 heavy (non-hydrogen) atoms. The highest BCUT2D eigenvalue weighted by Gasteiger charge is 2.11. The third kappa shape index (κ3) is 2.26. The molecule has 84 valence electrons. The molecule has 0 bridgehead atoms. The van der Waals surface area contributed by atoms with Crippen molar-refractivity contribution in [2.45, 2.75) is 13.0 Å². The first-order valence-corrected chi connectivity index (χ1v) is 6.08. The van der Waals surface area contributed by atoms with Crippen LogP contribution in [-0.2, 0) is 0 Å². The zero-order valence-electron chi connectivity index (χ0n) is 8.71. The van der Waals surface area contributed by atoms with E-state index in [-0.39, 0.29) is 11.9 Å². The molecule has 0 spiro atoms. The van der Waals surface area contributed by atoms with E-state index in [1.54, 1.807) is 12.1 Å². The van der Waals surface area contributed by atoms with Crippen LogP contribution in [0.4, 0.5) is 4.39 Å². The zero-order chi connectivity index (χ0) is 11.7. The molecular weight excluding hydrogens is 245 g/mol. The van der Waals surface area contributed by atoms with Gasteiger partial charge < -0.3 is 5.73 Å². The Morgan fingerprint density at radius 2 is 2.06 bits per heavy atom. The summed E-state index contributed by atoms with van der Waals surface area (Å²) in [5.74, 6) is -0.260. The van der Waals surface area contributed by atoms with E-state index < -0.39 is 0 Å². The summed E-state index contributed by atoms with van der Waals surface area (Å²) in [6.45, 7) is 1.88.